The Balaban J connectivity index is 2.05. The lowest BCUT2D eigenvalue weighted by atomic mass is 10.2. The van der Waals surface area contributed by atoms with E-state index < -0.39 is 12.7 Å². The van der Waals surface area contributed by atoms with Gasteiger partial charge in [-0.3, -0.25) is 4.65 Å². The molecular formula is C14H23BrN2O2Si. The van der Waals surface area contributed by atoms with Crippen LogP contribution < -0.4 is 9.55 Å². The lowest BCUT2D eigenvalue weighted by molar-refractivity contribution is 0.0694. The van der Waals surface area contributed by atoms with Gasteiger partial charge in [0.1, 0.15) is 5.69 Å². The van der Waals surface area contributed by atoms with Gasteiger partial charge in [0.15, 0.2) is 19.1 Å². The van der Waals surface area contributed by atoms with Crippen molar-refractivity contribution >= 4 is 35.4 Å². The van der Waals surface area contributed by atoms with Crippen molar-refractivity contribution in [2.45, 2.75) is 25.7 Å². The summed E-state index contributed by atoms with van der Waals surface area (Å²) in [6.07, 6.45) is 0. The third kappa shape index (κ3) is 3.43. The molecule has 0 saturated carbocycles. The molecule has 0 amide bonds. The fraction of sp³-hybridized carbons (Fsp3) is 0.571. The first-order chi connectivity index (χ1) is 9.23. The lowest BCUT2D eigenvalue weighted by Gasteiger charge is -2.37. The summed E-state index contributed by atoms with van der Waals surface area (Å²) >= 11 is 3.52. The summed E-state index contributed by atoms with van der Waals surface area (Å²) < 4.78 is 6.24. The number of quaternary nitrogens is 1. The number of ether oxygens (including phenoxy) is 1. The highest BCUT2D eigenvalue weighted by molar-refractivity contribution is 9.10. The van der Waals surface area contributed by atoms with E-state index in [-0.39, 0.29) is 6.73 Å². The van der Waals surface area contributed by atoms with E-state index in [1.54, 1.807) is 0 Å². The molecular weight excluding hydrogens is 336 g/mol. The van der Waals surface area contributed by atoms with Crippen LogP contribution in [0.3, 0.4) is 0 Å². The molecule has 112 valence electrons. The first-order valence-corrected chi connectivity index (χ1v) is 11.4. The summed E-state index contributed by atoms with van der Waals surface area (Å²) in [6.45, 7) is 8.23. The van der Waals surface area contributed by atoms with Gasteiger partial charge in [-0.15, -0.1) is 0 Å². The van der Waals surface area contributed by atoms with Crippen molar-refractivity contribution in [3.8, 4) is 0 Å². The predicted octanol–water partition coefficient (Wildman–Crippen LogP) is 3.97. The molecule has 1 atom stereocenters. The molecule has 20 heavy (non-hydrogen) atoms. The van der Waals surface area contributed by atoms with Crippen molar-refractivity contribution in [2.24, 2.45) is 0 Å². The van der Waals surface area contributed by atoms with E-state index in [1.165, 1.54) is 0 Å². The van der Waals surface area contributed by atoms with Crippen molar-refractivity contribution in [3.05, 3.63) is 27.9 Å². The van der Waals surface area contributed by atoms with E-state index in [9.17, 15) is 5.21 Å². The molecule has 1 heterocycles. The number of benzene rings is 1. The first kappa shape index (κ1) is 16.0. The van der Waals surface area contributed by atoms with E-state index in [0.29, 0.717) is 13.3 Å². The maximum atomic E-state index is 13.0. The molecule has 0 aliphatic carbocycles. The molecule has 0 spiro atoms. The zero-order valence-corrected chi connectivity index (χ0v) is 15.2. The Labute approximate surface area is 130 Å². The Morgan fingerprint density at radius 3 is 2.75 bits per heavy atom. The summed E-state index contributed by atoms with van der Waals surface area (Å²) in [7, 11) is 0.844. The van der Waals surface area contributed by atoms with Gasteiger partial charge in [-0.1, -0.05) is 25.7 Å². The minimum Gasteiger partial charge on any atom is -0.624 e. The number of nitrogens with zero attached hydrogens (tertiary/aromatic N) is 2. The molecule has 0 N–H and O–H groups in total. The molecule has 1 aliphatic heterocycles. The Hall–Kier alpha value is -0.403. The monoisotopic (exact) mass is 358 g/mol. The van der Waals surface area contributed by atoms with Crippen LogP contribution in [0.2, 0.25) is 25.7 Å². The highest BCUT2D eigenvalue weighted by Gasteiger charge is 2.36. The maximum absolute atomic E-state index is 13.0. The summed E-state index contributed by atoms with van der Waals surface area (Å²) in [4.78, 5) is 1.99. The fourth-order valence-electron chi connectivity index (χ4n) is 2.40. The zero-order chi connectivity index (χ0) is 15.0. The van der Waals surface area contributed by atoms with Crippen LogP contribution in [-0.4, -0.2) is 35.1 Å². The van der Waals surface area contributed by atoms with Crippen LogP contribution in [-0.2, 0) is 4.74 Å². The number of rotatable bonds is 5. The van der Waals surface area contributed by atoms with Crippen LogP contribution in [0.15, 0.2) is 22.7 Å². The van der Waals surface area contributed by atoms with E-state index in [1.807, 2.05) is 30.1 Å². The van der Waals surface area contributed by atoms with Crippen LogP contribution in [0, 0.1) is 5.21 Å². The Kier molecular flexibility index (Phi) is 4.61. The van der Waals surface area contributed by atoms with Crippen molar-refractivity contribution in [3.63, 3.8) is 0 Å². The number of halogens is 1. The lowest BCUT2D eigenvalue weighted by Crippen LogP contribution is -2.46. The van der Waals surface area contributed by atoms with Crippen molar-refractivity contribution in [2.75, 3.05) is 32.0 Å². The SMILES string of the molecule is CN1C[N+]([O-])(COCC[Si](C)(C)C)c2cccc(Br)c21. The summed E-state index contributed by atoms with van der Waals surface area (Å²) in [5.74, 6) is 0. The van der Waals surface area contributed by atoms with E-state index in [0.717, 1.165) is 21.9 Å². The van der Waals surface area contributed by atoms with E-state index in [4.69, 9.17) is 4.74 Å². The third-order valence-corrected chi connectivity index (χ3v) is 5.87. The molecule has 4 nitrogen and oxygen atoms in total. The molecule has 1 unspecified atom stereocenters. The van der Waals surface area contributed by atoms with Gasteiger partial charge in [-0.2, -0.15) is 0 Å². The van der Waals surface area contributed by atoms with Crippen LogP contribution in [0.5, 0.6) is 0 Å². The molecule has 0 fully saturated rings. The Bertz CT molecular complexity index is 493. The molecule has 0 saturated heterocycles. The van der Waals surface area contributed by atoms with Crippen LogP contribution in [0.25, 0.3) is 0 Å². The number of anilines is 1. The van der Waals surface area contributed by atoms with Gasteiger partial charge in [-0.05, 0) is 28.0 Å². The Morgan fingerprint density at radius 1 is 1.40 bits per heavy atom. The second kappa shape index (κ2) is 5.77. The van der Waals surface area contributed by atoms with Gasteiger partial charge < -0.3 is 14.8 Å². The van der Waals surface area contributed by atoms with Crippen LogP contribution >= 0.6 is 15.9 Å². The second-order valence-electron chi connectivity index (χ2n) is 6.68. The third-order valence-electron chi connectivity index (χ3n) is 3.52. The first-order valence-electron chi connectivity index (χ1n) is 6.89. The standard InChI is InChI=1S/C14H23BrN2O2Si/c1-16-10-17(18,11-19-8-9-20(2,3)4)13-7-5-6-12(15)14(13)16/h5-7H,8-11H2,1-4H3. The zero-order valence-electron chi connectivity index (χ0n) is 12.6. The second-order valence-corrected chi connectivity index (χ2v) is 13.2. The molecule has 1 aliphatic rings. The van der Waals surface area contributed by atoms with Gasteiger partial charge in [-0.25, -0.2) is 0 Å². The van der Waals surface area contributed by atoms with Crippen molar-refractivity contribution in [1.82, 2.24) is 4.65 Å². The Morgan fingerprint density at radius 2 is 2.10 bits per heavy atom. The summed E-state index contributed by atoms with van der Waals surface area (Å²) in [5.41, 5.74) is 1.77. The quantitative estimate of drug-likeness (QED) is 0.345. The van der Waals surface area contributed by atoms with Gasteiger partial charge in [0.05, 0.1) is 6.61 Å². The van der Waals surface area contributed by atoms with Crippen molar-refractivity contribution < 1.29 is 4.74 Å². The number of para-hydroxylation sites is 1. The minimum atomic E-state index is -1.10. The molecule has 0 bridgehead atoms. The highest BCUT2D eigenvalue weighted by Crippen LogP contribution is 2.44. The summed E-state index contributed by atoms with van der Waals surface area (Å²) in [5, 5.41) is 13.0. The van der Waals surface area contributed by atoms with Crippen molar-refractivity contribution in [1.29, 1.82) is 0 Å². The van der Waals surface area contributed by atoms with E-state index in [2.05, 4.69) is 35.6 Å². The normalized spacial score (nSPS) is 22.2. The van der Waals surface area contributed by atoms with Crippen LogP contribution in [0.1, 0.15) is 0 Å². The largest absolute Gasteiger partial charge is 0.624 e. The maximum Gasteiger partial charge on any atom is 0.189 e. The number of hydrogen-bond donors (Lipinski definition) is 0. The average Bonchev–Trinajstić information content (AvgIpc) is 2.58. The van der Waals surface area contributed by atoms with Gasteiger partial charge in [0.25, 0.3) is 0 Å². The molecule has 1 aromatic rings. The number of hydrogen-bond acceptors (Lipinski definition) is 3. The topological polar surface area (TPSA) is 35.5 Å². The predicted molar refractivity (Wildman–Crippen MR) is 91.5 cm³/mol. The van der Waals surface area contributed by atoms with E-state index >= 15 is 0 Å². The highest BCUT2D eigenvalue weighted by atomic mass is 79.9. The molecule has 2 rings (SSSR count). The van der Waals surface area contributed by atoms with Gasteiger partial charge in [0.2, 0.25) is 0 Å². The molecule has 0 aromatic heterocycles. The molecule has 0 radical (unpaired) electrons. The summed E-state index contributed by atoms with van der Waals surface area (Å²) in [6, 6.07) is 6.87. The van der Waals surface area contributed by atoms with Gasteiger partial charge >= 0.3 is 0 Å². The van der Waals surface area contributed by atoms with Crippen LogP contribution in [0.4, 0.5) is 11.4 Å². The molecule has 6 heteroatoms. The fourth-order valence-corrected chi connectivity index (χ4v) is 3.82. The minimum absolute atomic E-state index is 0.193. The smallest absolute Gasteiger partial charge is 0.189 e. The molecule has 1 aromatic carbocycles. The number of hydroxylamine groups is 2. The van der Waals surface area contributed by atoms with Gasteiger partial charge in [0, 0.05) is 25.7 Å². The average molecular weight is 359 g/mol. The number of fused-ring (bicyclic) bond motifs is 1.